The third-order valence-corrected chi connectivity index (χ3v) is 8.18. The van der Waals surface area contributed by atoms with Gasteiger partial charge in [0.1, 0.15) is 12.1 Å². The molecule has 4 nitrogen and oxygen atoms in total. The van der Waals surface area contributed by atoms with E-state index in [1.54, 1.807) is 6.07 Å². The van der Waals surface area contributed by atoms with Gasteiger partial charge in [0.2, 0.25) is 0 Å². The zero-order chi connectivity index (χ0) is 28.2. The maximum Gasteiger partial charge on any atom is 0.101 e. The summed E-state index contributed by atoms with van der Waals surface area (Å²) in [5, 5.41) is 24.7. The largest absolute Gasteiger partial charge is 0.309 e. The van der Waals surface area contributed by atoms with Gasteiger partial charge in [-0.25, -0.2) is 0 Å². The van der Waals surface area contributed by atoms with E-state index in [1.807, 2.05) is 36.4 Å². The quantitative estimate of drug-likeness (QED) is 0.227. The Morgan fingerprint density at radius 2 is 1.02 bits per heavy atom. The van der Waals surface area contributed by atoms with E-state index in [1.165, 1.54) is 0 Å². The molecule has 0 aliphatic heterocycles. The fourth-order valence-corrected chi connectivity index (χ4v) is 6.49. The molecule has 42 heavy (non-hydrogen) atoms. The number of hydrogen-bond donors (Lipinski definition) is 0. The van der Waals surface area contributed by atoms with E-state index in [-0.39, 0.29) is 0 Å². The van der Waals surface area contributed by atoms with Crippen LogP contribution in [0.15, 0.2) is 133 Å². The van der Waals surface area contributed by atoms with Crippen LogP contribution in [0.1, 0.15) is 11.1 Å². The molecule has 8 rings (SSSR count). The minimum atomic E-state index is 0.373. The molecule has 0 amide bonds. The summed E-state index contributed by atoms with van der Waals surface area (Å²) in [6.07, 6.45) is 0. The molecule has 0 aliphatic rings. The van der Waals surface area contributed by atoms with Gasteiger partial charge in [-0.2, -0.15) is 10.5 Å². The van der Waals surface area contributed by atoms with E-state index < -0.39 is 0 Å². The minimum Gasteiger partial charge on any atom is -0.309 e. The highest BCUT2D eigenvalue weighted by Gasteiger charge is 2.25. The van der Waals surface area contributed by atoms with Gasteiger partial charge < -0.3 is 9.13 Å². The molecule has 2 heterocycles. The molecular formula is C38H22N4. The first kappa shape index (κ1) is 23.8. The molecule has 0 bridgehead atoms. The van der Waals surface area contributed by atoms with Crippen LogP contribution in [0.2, 0.25) is 0 Å². The smallest absolute Gasteiger partial charge is 0.101 e. The molecule has 6 aromatic carbocycles. The predicted molar refractivity (Wildman–Crippen MR) is 170 cm³/mol. The number of nitrogens with zero attached hydrogens (tertiary/aromatic N) is 4. The molecule has 0 fully saturated rings. The van der Waals surface area contributed by atoms with Crippen molar-refractivity contribution in [2.75, 3.05) is 0 Å². The van der Waals surface area contributed by atoms with Gasteiger partial charge >= 0.3 is 0 Å². The summed E-state index contributed by atoms with van der Waals surface area (Å²) in [5.41, 5.74) is 8.84. The molecule has 0 spiro atoms. The number of hydrogen-bond acceptors (Lipinski definition) is 2. The Kier molecular flexibility index (Phi) is 5.22. The van der Waals surface area contributed by atoms with Crippen LogP contribution >= 0.6 is 0 Å². The molecular weight excluding hydrogens is 512 g/mol. The lowest BCUT2D eigenvalue weighted by atomic mass is 9.93. The second-order valence-electron chi connectivity index (χ2n) is 10.4. The molecule has 0 N–H and O–H groups in total. The Balaban J connectivity index is 1.71. The number of rotatable bonds is 3. The highest BCUT2D eigenvalue weighted by Crippen LogP contribution is 2.46. The summed E-state index contributed by atoms with van der Waals surface area (Å²) in [7, 11) is 0. The zero-order valence-corrected chi connectivity index (χ0v) is 22.5. The van der Waals surface area contributed by atoms with Gasteiger partial charge in [-0.15, -0.1) is 0 Å². The Morgan fingerprint density at radius 3 is 1.67 bits per heavy atom. The molecule has 0 atom stereocenters. The second-order valence-corrected chi connectivity index (χ2v) is 10.4. The normalized spacial score (nSPS) is 11.3. The van der Waals surface area contributed by atoms with Crippen LogP contribution in [0, 0.1) is 22.7 Å². The average Bonchev–Trinajstić information content (AvgIpc) is 3.58. The lowest BCUT2D eigenvalue weighted by Crippen LogP contribution is -1.98. The fourth-order valence-electron chi connectivity index (χ4n) is 6.49. The van der Waals surface area contributed by atoms with Crippen LogP contribution in [0.3, 0.4) is 0 Å². The zero-order valence-electron chi connectivity index (χ0n) is 22.5. The molecule has 0 aliphatic carbocycles. The summed E-state index contributed by atoms with van der Waals surface area (Å²) in [5.74, 6) is 0. The van der Waals surface area contributed by atoms with Gasteiger partial charge in [-0.05, 0) is 48.5 Å². The summed E-state index contributed by atoms with van der Waals surface area (Å²) in [4.78, 5) is 0. The Hall–Kier alpha value is -6.10. The van der Waals surface area contributed by atoms with Gasteiger partial charge in [-0.1, -0.05) is 84.9 Å². The van der Waals surface area contributed by atoms with Crippen molar-refractivity contribution in [2.24, 2.45) is 0 Å². The van der Waals surface area contributed by atoms with E-state index in [2.05, 4.69) is 112 Å². The molecule has 8 aromatic rings. The molecule has 0 radical (unpaired) electrons. The lowest BCUT2D eigenvalue weighted by Gasteiger charge is -2.15. The highest BCUT2D eigenvalue weighted by atomic mass is 15.0. The average molecular weight is 535 g/mol. The molecule has 2 aromatic heterocycles. The molecule has 0 saturated carbocycles. The fraction of sp³-hybridized carbons (Fsp3) is 0. The maximum atomic E-state index is 10.3. The van der Waals surface area contributed by atoms with Crippen molar-refractivity contribution in [3.8, 4) is 34.6 Å². The van der Waals surface area contributed by atoms with E-state index in [0.717, 1.165) is 66.1 Å². The molecule has 0 unspecified atom stereocenters. The van der Waals surface area contributed by atoms with E-state index in [4.69, 9.17) is 0 Å². The first-order valence-electron chi connectivity index (χ1n) is 13.8. The van der Waals surface area contributed by atoms with Crippen molar-refractivity contribution in [1.82, 2.24) is 9.13 Å². The van der Waals surface area contributed by atoms with Gasteiger partial charge in [0.05, 0.1) is 33.2 Å². The Morgan fingerprint density at radius 1 is 0.452 bits per heavy atom. The van der Waals surface area contributed by atoms with E-state index in [9.17, 15) is 10.5 Å². The molecule has 4 heteroatoms. The Bertz CT molecular complexity index is 2410. The van der Waals surface area contributed by atoms with Crippen LogP contribution in [0.25, 0.3) is 66.1 Å². The van der Waals surface area contributed by atoms with E-state index in [0.29, 0.717) is 11.1 Å². The first-order chi connectivity index (χ1) is 20.8. The van der Waals surface area contributed by atoms with Crippen molar-refractivity contribution in [3.63, 3.8) is 0 Å². The van der Waals surface area contributed by atoms with E-state index >= 15 is 0 Å². The summed E-state index contributed by atoms with van der Waals surface area (Å²) < 4.78 is 4.65. The van der Waals surface area contributed by atoms with Crippen molar-refractivity contribution in [1.29, 1.82) is 10.5 Å². The third-order valence-electron chi connectivity index (χ3n) is 8.18. The SMILES string of the molecule is N#Cc1cccc(-c2cc3c4ccccc4n(-c4ccccc4)c3c3c4ccccc4n(-c4ccccc4)c23)c1C#N. The summed E-state index contributed by atoms with van der Waals surface area (Å²) in [6, 6.07) is 50.2. The highest BCUT2D eigenvalue weighted by molar-refractivity contribution is 6.29. The van der Waals surface area contributed by atoms with Crippen LogP contribution in [-0.2, 0) is 0 Å². The van der Waals surface area contributed by atoms with Gasteiger partial charge in [0, 0.05) is 44.0 Å². The number of nitriles is 2. The number of benzene rings is 6. The number of fused-ring (bicyclic) bond motifs is 7. The maximum absolute atomic E-state index is 10.3. The summed E-state index contributed by atoms with van der Waals surface area (Å²) >= 11 is 0. The molecule has 194 valence electrons. The lowest BCUT2D eigenvalue weighted by molar-refractivity contribution is 1.17. The van der Waals surface area contributed by atoms with Crippen LogP contribution in [0.4, 0.5) is 0 Å². The van der Waals surface area contributed by atoms with Crippen LogP contribution < -0.4 is 0 Å². The van der Waals surface area contributed by atoms with Crippen molar-refractivity contribution in [2.45, 2.75) is 0 Å². The van der Waals surface area contributed by atoms with Crippen LogP contribution in [0.5, 0.6) is 0 Å². The number of para-hydroxylation sites is 4. The van der Waals surface area contributed by atoms with Crippen molar-refractivity contribution < 1.29 is 0 Å². The summed E-state index contributed by atoms with van der Waals surface area (Å²) in [6.45, 7) is 0. The Labute approximate surface area is 242 Å². The predicted octanol–water partition coefficient (Wildman–Crippen LogP) is 9.29. The second kappa shape index (κ2) is 9.24. The monoisotopic (exact) mass is 534 g/mol. The third kappa shape index (κ3) is 3.27. The minimum absolute atomic E-state index is 0.373. The van der Waals surface area contributed by atoms with Crippen molar-refractivity contribution in [3.05, 3.63) is 145 Å². The van der Waals surface area contributed by atoms with Crippen LogP contribution in [-0.4, -0.2) is 9.13 Å². The van der Waals surface area contributed by atoms with Gasteiger partial charge in [-0.3, -0.25) is 0 Å². The first-order valence-corrected chi connectivity index (χ1v) is 13.8. The number of aromatic nitrogens is 2. The standard InChI is InChI=1S/C38H22N4/c39-23-25-12-11-19-28(33(25)24-40)31-22-32-29-17-7-9-20-34(29)41(26-13-3-1-4-14-26)38(32)36-30-18-8-10-21-35(30)42(37(31)36)27-15-5-2-6-16-27/h1-22H. The topological polar surface area (TPSA) is 57.4 Å². The molecule has 0 saturated heterocycles. The van der Waals surface area contributed by atoms with Crippen molar-refractivity contribution >= 4 is 43.6 Å². The van der Waals surface area contributed by atoms with Gasteiger partial charge in [0.25, 0.3) is 0 Å². The van der Waals surface area contributed by atoms with Gasteiger partial charge in [0.15, 0.2) is 0 Å².